The zero-order chi connectivity index (χ0) is 40.2. The molecule has 3 saturated heterocycles. The smallest absolute Gasteiger partial charge is 0.186 e. The van der Waals surface area contributed by atoms with E-state index in [-0.39, 0.29) is 19.8 Å². The van der Waals surface area contributed by atoms with Gasteiger partial charge in [-0.15, -0.1) is 0 Å². The van der Waals surface area contributed by atoms with Crippen LogP contribution in [0.1, 0.15) is 34.1 Å². The third kappa shape index (κ3) is 10.7. The van der Waals surface area contributed by atoms with Crippen molar-refractivity contribution in [2.75, 3.05) is 20.3 Å². The summed E-state index contributed by atoms with van der Waals surface area (Å²) in [4.78, 5) is 0. The van der Waals surface area contributed by atoms with Gasteiger partial charge in [0.1, 0.15) is 42.7 Å². The number of hydrogen-bond acceptors (Lipinski definition) is 11. The van der Waals surface area contributed by atoms with Crippen LogP contribution in [0.2, 0.25) is 0 Å². The van der Waals surface area contributed by atoms with E-state index in [1.165, 1.54) is 0 Å². The molecule has 0 radical (unpaired) electrons. The molecule has 3 fully saturated rings. The summed E-state index contributed by atoms with van der Waals surface area (Å²) < 4.78 is 65.8. The Morgan fingerprint density at radius 3 is 1.56 bits per heavy atom. The Hall–Kier alpha value is -4.34. The van der Waals surface area contributed by atoms with Crippen molar-refractivity contribution in [2.45, 2.75) is 94.1 Å². The molecule has 11 heteroatoms. The van der Waals surface area contributed by atoms with E-state index < -0.39 is 67.6 Å². The Kier molecular flexibility index (Phi) is 14.6. The van der Waals surface area contributed by atoms with E-state index in [1.54, 1.807) is 7.11 Å². The van der Waals surface area contributed by atoms with Gasteiger partial charge in [0, 0.05) is 12.7 Å². The maximum atomic E-state index is 7.20. The fourth-order valence-corrected chi connectivity index (χ4v) is 7.76. The number of hydrogen-bond donors (Lipinski definition) is 1. The summed E-state index contributed by atoms with van der Waals surface area (Å²) in [5, 5.41) is 0. The first-order chi connectivity index (χ1) is 29.1. The average molecular weight is 804 g/mol. The van der Waals surface area contributed by atoms with Crippen LogP contribution in [0.25, 0.3) is 0 Å². The molecule has 11 nitrogen and oxygen atoms in total. The maximum absolute atomic E-state index is 7.20. The van der Waals surface area contributed by atoms with Crippen molar-refractivity contribution in [3.63, 3.8) is 0 Å². The maximum Gasteiger partial charge on any atom is 0.186 e. The highest BCUT2D eigenvalue weighted by Gasteiger charge is 2.55. The van der Waals surface area contributed by atoms with Gasteiger partial charge >= 0.3 is 0 Å². The summed E-state index contributed by atoms with van der Waals surface area (Å²) >= 11 is 0. The summed E-state index contributed by atoms with van der Waals surface area (Å²) in [6.07, 6.45) is -7.10. The molecule has 59 heavy (non-hydrogen) atoms. The second-order valence-electron chi connectivity index (χ2n) is 15.0. The number of benzene rings is 5. The van der Waals surface area contributed by atoms with Gasteiger partial charge in [-0.1, -0.05) is 152 Å². The van der Waals surface area contributed by atoms with Gasteiger partial charge in [-0.3, -0.25) is 0 Å². The van der Waals surface area contributed by atoms with Crippen molar-refractivity contribution in [1.29, 1.82) is 0 Å². The van der Waals surface area contributed by atoms with Crippen LogP contribution < -0.4 is 5.73 Å². The predicted octanol–water partition coefficient (Wildman–Crippen LogP) is 6.88. The summed E-state index contributed by atoms with van der Waals surface area (Å²) in [5.41, 5.74) is 12.1. The fourth-order valence-electron chi connectivity index (χ4n) is 7.76. The minimum Gasteiger partial charge on any atom is -0.374 e. The highest BCUT2D eigenvalue weighted by molar-refractivity contribution is 5.18. The quantitative estimate of drug-likeness (QED) is 0.106. The van der Waals surface area contributed by atoms with E-state index >= 15 is 0 Å². The molecule has 0 bridgehead atoms. The summed E-state index contributed by atoms with van der Waals surface area (Å²) in [5.74, 6) is 0. The van der Waals surface area contributed by atoms with E-state index in [0.717, 1.165) is 27.8 Å². The first-order valence-corrected chi connectivity index (χ1v) is 20.3. The van der Waals surface area contributed by atoms with Crippen LogP contribution in [0.4, 0.5) is 0 Å². The molecule has 3 aliphatic rings. The van der Waals surface area contributed by atoms with Crippen LogP contribution in [-0.2, 0) is 73.8 Å². The Labute approximate surface area is 346 Å². The number of fused-ring (bicyclic) bond motifs is 1. The zero-order valence-corrected chi connectivity index (χ0v) is 33.2. The average Bonchev–Trinajstić information content (AvgIpc) is 3.30. The lowest BCUT2D eigenvalue weighted by molar-refractivity contribution is -0.390. The molecule has 11 atom stereocenters. The van der Waals surface area contributed by atoms with Gasteiger partial charge in [0.15, 0.2) is 18.9 Å². The molecule has 5 aromatic carbocycles. The van der Waals surface area contributed by atoms with Gasteiger partial charge in [-0.25, -0.2) is 0 Å². The van der Waals surface area contributed by atoms with Crippen LogP contribution in [0.15, 0.2) is 152 Å². The van der Waals surface area contributed by atoms with Crippen molar-refractivity contribution in [2.24, 2.45) is 5.73 Å². The topological polar surface area (TPSA) is 118 Å². The Morgan fingerprint density at radius 1 is 0.525 bits per heavy atom. The Balaban J connectivity index is 1.09. The lowest BCUT2D eigenvalue weighted by atomic mass is 9.95. The SMILES string of the molecule is CO[C@@H]1O[C@@H]2CO[C@@H](c3ccccc3)O[C@H]2[C@H](OCc2ccccc2)[C@H]1O[C@@H]1O[C@H](COCc2ccccc2)[C@@H](OCc2ccccc2)[C@H](OCc2ccccc2)[C@H]1N. The third-order valence-electron chi connectivity index (χ3n) is 10.8. The van der Waals surface area contributed by atoms with Crippen molar-refractivity contribution in [3.05, 3.63) is 179 Å². The van der Waals surface area contributed by atoms with E-state index in [9.17, 15) is 0 Å². The van der Waals surface area contributed by atoms with Crippen molar-refractivity contribution in [1.82, 2.24) is 0 Å². The minimum absolute atomic E-state index is 0.179. The van der Waals surface area contributed by atoms with Gasteiger partial charge in [0.05, 0.1) is 45.7 Å². The molecule has 0 amide bonds. The molecular formula is C48H53NO10. The number of nitrogens with two attached hydrogens (primary N) is 1. The molecular weight excluding hydrogens is 751 g/mol. The largest absolute Gasteiger partial charge is 0.374 e. The lowest BCUT2D eigenvalue weighted by Crippen LogP contribution is -2.68. The van der Waals surface area contributed by atoms with Gasteiger partial charge in [-0.2, -0.15) is 0 Å². The Morgan fingerprint density at radius 2 is 1.02 bits per heavy atom. The Bertz CT molecular complexity index is 1950. The second-order valence-corrected chi connectivity index (χ2v) is 15.0. The predicted molar refractivity (Wildman–Crippen MR) is 218 cm³/mol. The van der Waals surface area contributed by atoms with Crippen LogP contribution in [0.3, 0.4) is 0 Å². The molecule has 0 aromatic heterocycles. The van der Waals surface area contributed by atoms with Crippen LogP contribution in [-0.4, -0.2) is 81.7 Å². The molecule has 3 aliphatic heterocycles. The standard InChI is InChI=1S/C48H53NO10/c1-50-48-45(44(54-30-36-23-13-5-14-24-36)42-39(57-48)32-55-46(58-42)37-25-15-6-16-26-37)59-47-40(49)43(53-29-35-21-11-4-12-22-35)41(52-28-34-19-9-3-10-20-34)38(56-47)31-51-27-33-17-7-2-8-18-33/h2-26,38-48H,27-32,49H2,1H3/t38-,39-,40-,41-,42-,43-,44+,45-,46-,47+,48-/m1/s1. The second kappa shape index (κ2) is 20.8. The first-order valence-electron chi connectivity index (χ1n) is 20.3. The highest BCUT2D eigenvalue weighted by atomic mass is 16.8. The van der Waals surface area contributed by atoms with Gasteiger partial charge in [0.2, 0.25) is 0 Å². The third-order valence-corrected chi connectivity index (χ3v) is 10.8. The van der Waals surface area contributed by atoms with E-state index in [2.05, 4.69) is 0 Å². The molecule has 0 unspecified atom stereocenters. The van der Waals surface area contributed by atoms with Crippen molar-refractivity contribution >= 4 is 0 Å². The normalized spacial score (nSPS) is 29.4. The monoisotopic (exact) mass is 803 g/mol. The van der Waals surface area contributed by atoms with Gasteiger partial charge in [0.25, 0.3) is 0 Å². The minimum atomic E-state index is -1.02. The molecule has 2 N–H and O–H groups in total. The molecule has 0 spiro atoms. The molecule has 310 valence electrons. The van der Waals surface area contributed by atoms with E-state index in [1.807, 2.05) is 152 Å². The lowest BCUT2D eigenvalue weighted by Gasteiger charge is -2.51. The molecule has 0 saturated carbocycles. The molecule has 0 aliphatic carbocycles. The van der Waals surface area contributed by atoms with Gasteiger partial charge in [-0.05, 0) is 22.3 Å². The number of methoxy groups -OCH3 is 1. The van der Waals surface area contributed by atoms with Crippen molar-refractivity contribution in [3.8, 4) is 0 Å². The molecule has 3 heterocycles. The van der Waals surface area contributed by atoms with Crippen LogP contribution >= 0.6 is 0 Å². The zero-order valence-electron chi connectivity index (χ0n) is 33.2. The van der Waals surface area contributed by atoms with Gasteiger partial charge < -0.3 is 53.1 Å². The molecule has 8 rings (SSSR count). The van der Waals surface area contributed by atoms with Crippen LogP contribution in [0, 0.1) is 0 Å². The summed E-state index contributed by atoms with van der Waals surface area (Å²) in [7, 11) is 1.58. The summed E-state index contributed by atoms with van der Waals surface area (Å²) in [6, 6.07) is 48.9. The molecule has 5 aromatic rings. The van der Waals surface area contributed by atoms with Crippen molar-refractivity contribution < 1.29 is 47.4 Å². The van der Waals surface area contributed by atoms with E-state index in [0.29, 0.717) is 19.8 Å². The summed E-state index contributed by atoms with van der Waals surface area (Å²) in [6.45, 7) is 1.72. The van der Waals surface area contributed by atoms with E-state index in [4.69, 9.17) is 53.1 Å². The highest BCUT2D eigenvalue weighted by Crippen LogP contribution is 2.39. The first kappa shape index (κ1) is 41.4. The fraction of sp³-hybridized carbons (Fsp3) is 0.375. The number of rotatable bonds is 17. The number of ether oxygens (including phenoxy) is 10. The van der Waals surface area contributed by atoms with Crippen LogP contribution in [0.5, 0.6) is 0 Å².